The maximum Gasteiger partial charge on any atom is 0.411 e. The highest BCUT2D eigenvalue weighted by atomic mass is 35.5. The Balaban J connectivity index is 2.21. The van der Waals surface area contributed by atoms with E-state index in [0.29, 0.717) is 33.2 Å². The third kappa shape index (κ3) is 3.90. The van der Waals surface area contributed by atoms with Crippen molar-refractivity contribution in [3.63, 3.8) is 0 Å². The first-order valence-corrected chi connectivity index (χ1v) is 6.91. The van der Waals surface area contributed by atoms with Gasteiger partial charge in [-0.3, -0.25) is 5.32 Å². The zero-order valence-corrected chi connectivity index (χ0v) is 13.3. The number of nitrogens with one attached hydrogen (secondary N) is 3. The Hall–Kier alpha value is -2.25. The van der Waals surface area contributed by atoms with Gasteiger partial charge in [-0.25, -0.2) is 9.78 Å². The van der Waals surface area contributed by atoms with Crippen LogP contribution in [0.5, 0.6) is 0 Å². The van der Waals surface area contributed by atoms with E-state index in [9.17, 15) is 4.79 Å². The number of hydrogen-bond acceptors (Lipinski definition) is 6. The Morgan fingerprint density at radius 2 is 2.05 bits per heavy atom. The lowest BCUT2D eigenvalue weighted by molar-refractivity contribution is 0.187. The van der Waals surface area contributed by atoms with Gasteiger partial charge in [-0.05, 0) is 18.2 Å². The Bertz CT molecular complexity index is 696. The van der Waals surface area contributed by atoms with Crippen molar-refractivity contribution in [2.75, 3.05) is 30.1 Å². The quantitative estimate of drug-likeness (QED) is 0.784. The molecule has 0 spiro atoms. The molecule has 116 valence electrons. The summed E-state index contributed by atoms with van der Waals surface area (Å²) in [6.45, 7) is 0. The number of rotatable bonds is 4. The molecule has 2 aromatic rings. The molecule has 0 aliphatic carbocycles. The van der Waals surface area contributed by atoms with Gasteiger partial charge in [-0.1, -0.05) is 23.2 Å². The molecule has 0 radical (unpaired) electrons. The molecule has 0 saturated carbocycles. The van der Waals surface area contributed by atoms with Crippen LogP contribution in [0.4, 0.5) is 27.9 Å². The number of carbonyl (C=O) groups excluding carboxylic acids is 1. The number of halogens is 2. The number of hydrogen-bond donors (Lipinski definition) is 3. The summed E-state index contributed by atoms with van der Waals surface area (Å²) < 4.78 is 4.53. The third-order valence-corrected chi connectivity index (χ3v) is 3.36. The minimum Gasteiger partial charge on any atom is -0.453 e. The molecule has 9 heteroatoms. The highest BCUT2D eigenvalue weighted by Gasteiger charge is 2.10. The molecule has 1 amide bonds. The molecule has 0 saturated heterocycles. The predicted octanol–water partition coefficient (Wildman–Crippen LogP) is 3.75. The summed E-state index contributed by atoms with van der Waals surface area (Å²) in [5, 5.41) is 9.24. The molecular formula is C13H13Cl2N5O2. The topological polar surface area (TPSA) is 88.2 Å². The van der Waals surface area contributed by atoms with E-state index >= 15 is 0 Å². The molecule has 0 bridgehead atoms. The third-order valence-electron chi connectivity index (χ3n) is 2.62. The van der Waals surface area contributed by atoms with Crippen molar-refractivity contribution in [1.82, 2.24) is 9.97 Å². The van der Waals surface area contributed by atoms with Gasteiger partial charge in [0.1, 0.15) is 5.69 Å². The molecule has 0 unspecified atom stereocenters. The first-order chi connectivity index (χ1) is 10.5. The van der Waals surface area contributed by atoms with Crippen molar-refractivity contribution < 1.29 is 9.53 Å². The standard InChI is InChI=1S/C13H13Cl2N5O2/c1-16-11-10(19-13(21)22-2)6-17-12(20-11)18-7-3-4-8(14)9(15)5-7/h3-6H,1-2H3,(H,19,21)(H2,16,17,18,20). The Morgan fingerprint density at radius 3 is 2.68 bits per heavy atom. The maximum atomic E-state index is 11.2. The number of amides is 1. The number of methoxy groups -OCH3 is 1. The molecule has 1 heterocycles. The van der Waals surface area contributed by atoms with Gasteiger partial charge < -0.3 is 15.4 Å². The summed E-state index contributed by atoms with van der Waals surface area (Å²) in [5.41, 5.74) is 1.08. The van der Waals surface area contributed by atoms with Crippen LogP contribution in [0.15, 0.2) is 24.4 Å². The fourth-order valence-corrected chi connectivity index (χ4v) is 1.89. The van der Waals surface area contributed by atoms with Gasteiger partial charge in [0.05, 0.1) is 23.4 Å². The molecule has 0 aliphatic rings. The summed E-state index contributed by atoms with van der Waals surface area (Å²) in [7, 11) is 2.95. The van der Waals surface area contributed by atoms with E-state index in [-0.39, 0.29) is 0 Å². The van der Waals surface area contributed by atoms with Crippen LogP contribution in [0.2, 0.25) is 10.0 Å². The van der Waals surface area contributed by atoms with Gasteiger partial charge in [0.25, 0.3) is 0 Å². The van der Waals surface area contributed by atoms with E-state index in [4.69, 9.17) is 23.2 Å². The molecule has 2 rings (SSSR count). The summed E-state index contributed by atoms with van der Waals surface area (Å²) in [4.78, 5) is 19.6. The van der Waals surface area contributed by atoms with Gasteiger partial charge in [-0.2, -0.15) is 4.98 Å². The van der Waals surface area contributed by atoms with Crippen molar-refractivity contribution >= 4 is 52.4 Å². The highest BCUT2D eigenvalue weighted by molar-refractivity contribution is 6.42. The summed E-state index contributed by atoms with van der Waals surface area (Å²) in [5.74, 6) is 0.765. The lowest BCUT2D eigenvalue weighted by Gasteiger charge is -2.11. The number of aromatic nitrogens is 2. The Morgan fingerprint density at radius 1 is 1.27 bits per heavy atom. The summed E-state index contributed by atoms with van der Waals surface area (Å²) >= 11 is 11.8. The molecule has 0 fully saturated rings. The lowest BCUT2D eigenvalue weighted by atomic mass is 10.3. The van der Waals surface area contributed by atoms with Crippen LogP contribution in [-0.2, 0) is 4.74 Å². The molecule has 22 heavy (non-hydrogen) atoms. The van der Waals surface area contributed by atoms with Crippen molar-refractivity contribution in [3.05, 3.63) is 34.4 Å². The normalized spacial score (nSPS) is 10.0. The monoisotopic (exact) mass is 341 g/mol. The average molecular weight is 342 g/mol. The molecule has 1 aromatic heterocycles. The minimum atomic E-state index is -0.606. The zero-order chi connectivity index (χ0) is 16.1. The molecule has 1 aromatic carbocycles. The van der Waals surface area contributed by atoms with E-state index in [1.54, 1.807) is 25.2 Å². The van der Waals surface area contributed by atoms with Crippen LogP contribution in [0.3, 0.4) is 0 Å². The van der Waals surface area contributed by atoms with Gasteiger partial charge in [0.15, 0.2) is 5.82 Å². The van der Waals surface area contributed by atoms with Crippen molar-refractivity contribution in [3.8, 4) is 0 Å². The molecule has 3 N–H and O–H groups in total. The predicted molar refractivity (Wildman–Crippen MR) is 87.4 cm³/mol. The molecule has 0 aliphatic heterocycles. The fraction of sp³-hybridized carbons (Fsp3) is 0.154. The summed E-state index contributed by atoms with van der Waals surface area (Å²) in [6.07, 6.45) is 0.848. The van der Waals surface area contributed by atoms with Crippen molar-refractivity contribution in [1.29, 1.82) is 0 Å². The minimum absolute atomic E-state index is 0.332. The molecule has 0 atom stereocenters. The zero-order valence-electron chi connectivity index (χ0n) is 11.8. The van der Waals surface area contributed by atoms with Crippen molar-refractivity contribution in [2.45, 2.75) is 0 Å². The van der Waals surface area contributed by atoms with E-state index in [0.717, 1.165) is 0 Å². The van der Waals surface area contributed by atoms with E-state index < -0.39 is 6.09 Å². The maximum absolute atomic E-state index is 11.2. The van der Waals surface area contributed by atoms with E-state index in [1.165, 1.54) is 13.3 Å². The second kappa shape index (κ2) is 7.15. The van der Waals surface area contributed by atoms with Gasteiger partial charge in [0.2, 0.25) is 5.95 Å². The second-order valence-electron chi connectivity index (χ2n) is 4.08. The number of nitrogens with zero attached hydrogens (tertiary/aromatic N) is 2. The second-order valence-corrected chi connectivity index (χ2v) is 4.89. The van der Waals surface area contributed by atoms with Crippen LogP contribution < -0.4 is 16.0 Å². The Labute approximate surface area is 137 Å². The SMILES string of the molecule is CNc1nc(Nc2ccc(Cl)c(Cl)c2)ncc1NC(=O)OC. The largest absolute Gasteiger partial charge is 0.453 e. The number of carbonyl (C=O) groups is 1. The van der Waals surface area contributed by atoms with Gasteiger partial charge in [-0.15, -0.1) is 0 Å². The lowest BCUT2D eigenvalue weighted by Crippen LogP contribution is -2.14. The van der Waals surface area contributed by atoms with Gasteiger partial charge >= 0.3 is 6.09 Å². The average Bonchev–Trinajstić information content (AvgIpc) is 2.52. The highest BCUT2D eigenvalue weighted by Crippen LogP contribution is 2.27. The Kier molecular flexibility index (Phi) is 5.24. The van der Waals surface area contributed by atoms with E-state index in [2.05, 4.69) is 30.7 Å². The number of ether oxygens (including phenoxy) is 1. The summed E-state index contributed by atoms with van der Waals surface area (Å²) in [6, 6.07) is 5.07. The van der Waals surface area contributed by atoms with Crippen LogP contribution in [0, 0.1) is 0 Å². The fourth-order valence-electron chi connectivity index (χ4n) is 1.59. The van der Waals surface area contributed by atoms with Crippen LogP contribution in [-0.4, -0.2) is 30.2 Å². The van der Waals surface area contributed by atoms with Crippen LogP contribution in [0.1, 0.15) is 0 Å². The van der Waals surface area contributed by atoms with Crippen molar-refractivity contribution in [2.24, 2.45) is 0 Å². The van der Waals surface area contributed by atoms with E-state index in [1.807, 2.05) is 0 Å². The number of benzene rings is 1. The smallest absolute Gasteiger partial charge is 0.411 e. The molecule has 7 nitrogen and oxygen atoms in total. The first-order valence-electron chi connectivity index (χ1n) is 6.15. The van der Waals surface area contributed by atoms with Gasteiger partial charge in [0, 0.05) is 12.7 Å². The first kappa shape index (κ1) is 16.1. The van der Waals surface area contributed by atoms with Crippen LogP contribution in [0.25, 0.3) is 0 Å². The van der Waals surface area contributed by atoms with Crippen LogP contribution >= 0.6 is 23.2 Å². The number of anilines is 4. The molecular weight excluding hydrogens is 329 g/mol.